The first-order valence-electron chi connectivity index (χ1n) is 10.9. The van der Waals surface area contributed by atoms with Gasteiger partial charge in [0.05, 0.1) is 19.9 Å². The zero-order valence-electron chi connectivity index (χ0n) is 18.1. The molecular weight excluding hydrogens is 378 g/mol. The molecule has 6 heteroatoms. The highest BCUT2D eigenvalue weighted by molar-refractivity contribution is 5.58. The number of likely N-dealkylation sites (tertiary alicyclic amines) is 1. The number of anilines is 1. The van der Waals surface area contributed by atoms with Gasteiger partial charge in [-0.15, -0.1) is 0 Å². The molecule has 0 aromatic heterocycles. The fourth-order valence-electron chi connectivity index (χ4n) is 4.82. The van der Waals surface area contributed by atoms with Crippen LogP contribution in [0.2, 0.25) is 0 Å². The number of aromatic hydroxyl groups is 1. The van der Waals surface area contributed by atoms with Crippen molar-refractivity contribution in [1.82, 2.24) is 9.80 Å². The molecule has 2 aliphatic rings. The molecule has 30 heavy (non-hydrogen) atoms. The molecule has 4 rings (SSSR count). The van der Waals surface area contributed by atoms with Crippen LogP contribution in [0.25, 0.3) is 0 Å². The molecule has 0 saturated carbocycles. The molecule has 0 bridgehead atoms. The van der Waals surface area contributed by atoms with Crippen molar-refractivity contribution < 1.29 is 14.6 Å². The zero-order chi connectivity index (χ0) is 20.9. The Balaban J connectivity index is 1.36. The van der Waals surface area contributed by atoms with Gasteiger partial charge in [0.15, 0.2) is 0 Å². The maximum atomic E-state index is 10.3. The lowest BCUT2D eigenvalue weighted by Crippen LogP contribution is -2.55. The monoisotopic (exact) mass is 411 g/mol. The first-order valence-corrected chi connectivity index (χ1v) is 10.9. The molecule has 6 nitrogen and oxygen atoms in total. The van der Waals surface area contributed by atoms with E-state index >= 15 is 0 Å². The Bertz CT molecular complexity index is 836. The molecule has 1 N–H and O–H groups in total. The van der Waals surface area contributed by atoms with E-state index in [0.717, 1.165) is 62.9 Å². The fourth-order valence-corrected chi connectivity index (χ4v) is 4.82. The van der Waals surface area contributed by atoms with Crippen molar-refractivity contribution in [2.75, 3.05) is 58.4 Å². The first kappa shape index (κ1) is 20.8. The van der Waals surface area contributed by atoms with Crippen LogP contribution in [0.1, 0.15) is 18.4 Å². The number of piperazine rings is 1. The number of para-hydroxylation sites is 2. The second kappa shape index (κ2) is 9.58. The van der Waals surface area contributed by atoms with E-state index in [4.69, 9.17) is 9.47 Å². The number of hydrogen-bond donors (Lipinski definition) is 1. The van der Waals surface area contributed by atoms with E-state index in [-0.39, 0.29) is 0 Å². The van der Waals surface area contributed by atoms with Crippen molar-refractivity contribution in [3.05, 3.63) is 48.0 Å². The van der Waals surface area contributed by atoms with Gasteiger partial charge in [-0.2, -0.15) is 0 Å². The Labute approximate surface area is 179 Å². The normalized spacial score (nSPS) is 20.9. The minimum Gasteiger partial charge on any atom is -0.507 e. The van der Waals surface area contributed by atoms with Crippen LogP contribution >= 0.6 is 0 Å². The number of ether oxygens (including phenoxy) is 2. The van der Waals surface area contributed by atoms with E-state index in [1.165, 1.54) is 18.5 Å². The van der Waals surface area contributed by atoms with Crippen LogP contribution in [-0.2, 0) is 6.54 Å². The highest BCUT2D eigenvalue weighted by Crippen LogP contribution is 2.31. The fraction of sp³-hybridized carbons (Fsp3) is 0.500. The minimum absolute atomic E-state index is 0.321. The Hall–Kier alpha value is -2.44. The van der Waals surface area contributed by atoms with E-state index in [9.17, 15) is 5.11 Å². The van der Waals surface area contributed by atoms with Gasteiger partial charge in [-0.25, -0.2) is 0 Å². The summed E-state index contributed by atoms with van der Waals surface area (Å²) in [5, 5.41) is 10.3. The van der Waals surface area contributed by atoms with Gasteiger partial charge in [0.2, 0.25) is 0 Å². The van der Waals surface area contributed by atoms with Gasteiger partial charge in [0.1, 0.15) is 17.2 Å². The second-order valence-electron chi connectivity index (χ2n) is 8.18. The molecule has 0 amide bonds. The Kier molecular flexibility index (Phi) is 6.65. The summed E-state index contributed by atoms with van der Waals surface area (Å²) < 4.78 is 11.0. The van der Waals surface area contributed by atoms with Crippen molar-refractivity contribution in [2.24, 2.45) is 0 Å². The number of piperidine rings is 1. The van der Waals surface area contributed by atoms with Crippen molar-refractivity contribution >= 4 is 5.69 Å². The number of phenols is 1. The van der Waals surface area contributed by atoms with E-state index in [0.29, 0.717) is 11.8 Å². The van der Waals surface area contributed by atoms with E-state index in [2.05, 4.69) is 26.8 Å². The third-order valence-electron chi connectivity index (χ3n) is 6.45. The molecule has 2 aromatic rings. The molecule has 2 heterocycles. The third kappa shape index (κ3) is 4.50. The van der Waals surface area contributed by atoms with E-state index in [1.54, 1.807) is 20.3 Å². The number of rotatable bonds is 6. The number of phenolic OH excluding ortho intramolecular Hbond substituents is 1. The molecule has 2 aromatic carbocycles. The summed E-state index contributed by atoms with van der Waals surface area (Å²) in [5.41, 5.74) is 2.08. The highest BCUT2D eigenvalue weighted by atomic mass is 16.5. The third-order valence-corrected chi connectivity index (χ3v) is 6.45. The van der Waals surface area contributed by atoms with Crippen LogP contribution < -0.4 is 14.4 Å². The smallest absolute Gasteiger partial charge is 0.142 e. The van der Waals surface area contributed by atoms with Crippen LogP contribution in [0, 0.1) is 0 Å². The van der Waals surface area contributed by atoms with E-state index < -0.39 is 0 Å². The maximum absolute atomic E-state index is 10.3. The predicted molar refractivity (Wildman–Crippen MR) is 120 cm³/mol. The van der Waals surface area contributed by atoms with Crippen LogP contribution in [-0.4, -0.2) is 74.4 Å². The molecule has 2 aliphatic heterocycles. The molecule has 162 valence electrons. The quantitative estimate of drug-likeness (QED) is 0.788. The van der Waals surface area contributed by atoms with Crippen molar-refractivity contribution in [3.63, 3.8) is 0 Å². The lowest BCUT2D eigenvalue weighted by Gasteiger charge is -2.44. The summed E-state index contributed by atoms with van der Waals surface area (Å²) in [5.74, 6) is 2.04. The van der Waals surface area contributed by atoms with Crippen LogP contribution in [0.4, 0.5) is 5.69 Å². The second-order valence-corrected chi connectivity index (χ2v) is 8.18. The number of benzene rings is 2. The summed E-state index contributed by atoms with van der Waals surface area (Å²) >= 11 is 0. The maximum Gasteiger partial charge on any atom is 0.142 e. The van der Waals surface area contributed by atoms with Gasteiger partial charge in [0, 0.05) is 50.9 Å². The molecular formula is C24H33N3O3. The Morgan fingerprint density at radius 1 is 0.900 bits per heavy atom. The van der Waals surface area contributed by atoms with Gasteiger partial charge in [-0.3, -0.25) is 9.80 Å². The number of nitrogens with zero attached hydrogens (tertiary/aromatic N) is 3. The summed E-state index contributed by atoms with van der Waals surface area (Å²) in [6, 6.07) is 14.4. The average molecular weight is 412 g/mol. The molecule has 0 aliphatic carbocycles. The molecule has 1 unspecified atom stereocenters. The largest absolute Gasteiger partial charge is 0.507 e. The van der Waals surface area contributed by atoms with Crippen LogP contribution in [0.5, 0.6) is 17.2 Å². The highest BCUT2D eigenvalue weighted by Gasteiger charge is 2.29. The lowest BCUT2D eigenvalue weighted by atomic mass is 10.0. The van der Waals surface area contributed by atoms with Crippen LogP contribution in [0.15, 0.2) is 42.5 Å². The standard InChI is InChI=1S/C24H33N3O3/c1-29-23-11-5-9-22(28)20(23)18-25-12-6-7-19(17-25)26-13-15-27(16-14-26)21-8-3-4-10-24(21)30-2/h3-5,8-11,19,28H,6-7,12-18H2,1-2H3. The van der Waals surface area contributed by atoms with Gasteiger partial charge in [0.25, 0.3) is 0 Å². The van der Waals surface area contributed by atoms with Gasteiger partial charge >= 0.3 is 0 Å². The van der Waals surface area contributed by atoms with Crippen LogP contribution in [0.3, 0.4) is 0 Å². The zero-order valence-corrected chi connectivity index (χ0v) is 18.1. The number of hydrogen-bond acceptors (Lipinski definition) is 6. The van der Waals surface area contributed by atoms with Crippen molar-refractivity contribution in [2.45, 2.75) is 25.4 Å². The lowest BCUT2D eigenvalue weighted by molar-refractivity contribution is 0.0878. The van der Waals surface area contributed by atoms with Crippen molar-refractivity contribution in [3.8, 4) is 17.2 Å². The van der Waals surface area contributed by atoms with Gasteiger partial charge in [-0.1, -0.05) is 18.2 Å². The predicted octanol–water partition coefficient (Wildman–Crippen LogP) is 3.20. The summed E-state index contributed by atoms with van der Waals surface area (Å²) in [6.07, 6.45) is 2.43. The molecule has 0 radical (unpaired) electrons. The van der Waals surface area contributed by atoms with Gasteiger partial charge < -0.3 is 19.5 Å². The first-order chi connectivity index (χ1) is 14.7. The summed E-state index contributed by atoms with van der Waals surface area (Å²) in [4.78, 5) is 7.53. The topological polar surface area (TPSA) is 48.4 Å². The molecule has 1 atom stereocenters. The Morgan fingerprint density at radius 3 is 2.40 bits per heavy atom. The van der Waals surface area contributed by atoms with Crippen molar-refractivity contribution in [1.29, 1.82) is 0 Å². The Morgan fingerprint density at radius 2 is 1.63 bits per heavy atom. The average Bonchev–Trinajstić information content (AvgIpc) is 2.80. The summed E-state index contributed by atoms with van der Waals surface area (Å²) in [6.45, 7) is 7.00. The summed E-state index contributed by atoms with van der Waals surface area (Å²) in [7, 11) is 3.41. The SMILES string of the molecule is COc1ccccc1N1CCN(C2CCCN(Cc3c(O)cccc3OC)C2)CC1. The van der Waals surface area contributed by atoms with E-state index in [1.807, 2.05) is 24.3 Å². The molecule has 2 saturated heterocycles. The molecule has 0 spiro atoms. The minimum atomic E-state index is 0.321. The number of methoxy groups -OCH3 is 2. The van der Waals surface area contributed by atoms with Gasteiger partial charge in [-0.05, 0) is 43.7 Å². The molecule has 2 fully saturated rings.